The number of nitrogens with zero attached hydrogens (tertiary/aromatic N) is 1. The molecule has 1 atom stereocenters. The first-order chi connectivity index (χ1) is 9.19. The van der Waals surface area contributed by atoms with Crippen LogP contribution in [-0.2, 0) is 4.74 Å². The maximum Gasteiger partial charge on any atom is 0.0702 e. The van der Waals surface area contributed by atoms with Gasteiger partial charge in [0.1, 0.15) is 0 Å². The molecule has 1 saturated carbocycles. The molecule has 1 aromatic carbocycles. The van der Waals surface area contributed by atoms with E-state index in [1.165, 1.54) is 30.6 Å². The Morgan fingerprint density at radius 3 is 2.74 bits per heavy atom. The van der Waals surface area contributed by atoms with Gasteiger partial charge in [-0.05, 0) is 44.2 Å². The Kier molecular flexibility index (Phi) is 3.40. The third-order valence-corrected chi connectivity index (χ3v) is 4.50. The van der Waals surface area contributed by atoms with E-state index >= 15 is 0 Å². The maximum absolute atomic E-state index is 6.00. The Morgan fingerprint density at radius 1 is 1.26 bits per heavy atom. The molecule has 0 radical (unpaired) electrons. The van der Waals surface area contributed by atoms with Crippen molar-refractivity contribution >= 4 is 11.4 Å². The van der Waals surface area contributed by atoms with Crippen molar-refractivity contribution in [1.29, 1.82) is 0 Å². The van der Waals surface area contributed by atoms with Crippen molar-refractivity contribution in [2.75, 3.05) is 30.9 Å². The molecule has 2 aliphatic rings. The Labute approximate surface area is 115 Å². The summed E-state index contributed by atoms with van der Waals surface area (Å²) in [7, 11) is 4.19. The molecular formula is C16H24N2O. The summed E-state index contributed by atoms with van der Waals surface area (Å²) >= 11 is 0. The van der Waals surface area contributed by atoms with E-state index < -0.39 is 0 Å². The number of benzene rings is 1. The second-order valence-corrected chi connectivity index (χ2v) is 6.13. The van der Waals surface area contributed by atoms with Gasteiger partial charge in [0.15, 0.2) is 0 Å². The zero-order chi connectivity index (χ0) is 13.3. The minimum Gasteiger partial charge on any atom is -0.380 e. The molecule has 0 bridgehead atoms. The summed E-state index contributed by atoms with van der Waals surface area (Å²) in [6.45, 7) is 0.905. The van der Waals surface area contributed by atoms with Gasteiger partial charge in [-0.2, -0.15) is 0 Å². The summed E-state index contributed by atoms with van der Waals surface area (Å²) in [5.74, 6) is 0. The van der Waals surface area contributed by atoms with Crippen molar-refractivity contribution in [2.45, 2.75) is 43.7 Å². The lowest BCUT2D eigenvalue weighted by atomic mass is 9.74. The molecule has 3 heteroatoms. The smallest absolute Gasteiger partial charge is 0.0702 e. The van der Waals surface area contributed by atoms with Crippen molar-refractivity contribution in [3.8, 4) is 0 Å². The van der Waals surface area contributed by atoms with Crippen molar-refractivity contribution < 1.29 is 4.74 Å². The molecule has 1 aromatic rings. The average molecular weight is 260 g/mol. The average Bonchev–Trinajstić information content (AvgIpc) is 2.37. The van der Waals surface area contributed by atoms with E-state index in [1.807, 2.05) is 0 Å². The van der Waals surface area contributed by atoms with Crippen LogP contribution in [0.5, 0.6) is 0 Å². The molecular weight excluding hydrogens is 236 g/mol. The van der Waals surface area contributed by atoms with Gasteiger partial charge in [0.2, 0.25) is 0 Å². The lowest BCUT2D eigenvalue weighted by Crippen LogP contribution is -2.49. The summed E-state index contributed by atoms with van der Waals surface area (Å²) < 4.78 is 6.00. The second-order valence-electron chi connectivity index (χ2n) is 6.13. The fourth-order valence-corrected chi connectivity index (χ4v) is 3.28. The topological polar surface area (TPSA) is 24.5 Å². The highest BCUT2D eigenvalue weighted by Gasteiger charge is 2.42. The van der Waals surface area contributed by atoms with Crippen molar-refractivity contribution in [3.63, 3.8) is 0 Å². The van der Waals surface area contributed by atoms with Crippen LogP contribution in [0.4, 0.5) is 11.4 Å². The SMILES string of the molecule is CN(C)c1ccccc1NC1CCOC2(CCC2)C1. The van der Waals surface area contributed by atoms with Crippen molar-refractivity contribution in [3.05, 3.63) is 24.3 Å². The Hall–Kier alpha value is -1.22. The number of nitrogens with one attached hydrogen (secondary N) is 1. The van der Waals surface area contributed by atoms with E-state index in [1.54, 1.807) is 0 Å². The van der Waals surface area contributed by atoms with Gasteiger partial charge in [0, 0.05) is 26.7 Å². The van der Waals surface area contributed by atoms with Gasteiger partial charge in [0.05, 0.1) is 17.0 Å². The minimum absolute atomic E-state index is 0.211. The Morgan fingerprint density at radius 2 is 2.05 bits per heavy atom. The molecule has 2 fully saturated rings. The lowest BCUT2D eigenvalue weighted by Gasteiger charge is -2.47. The van der Waals surface area contributed by atoms with Gasteiger partial charge < -0.3 is 15.0 Å². The standard InChI is InChI=1S/C16H24N2O/c1-18(2)15-7-4-3-6-14(15)17-13-8-11-19-16(12-13)9-5-10-16/h3-4,6-7,13,17H,5,8-12H2,1-2H3. The van der Waals surface area contributed by atoms with Gasteiger partial charge in [-0.15, -0.1) is 0 Å². The first kappa shape index (κ1) is 12.8. The van der Waals surface area contributed by atoms with E-state index in [4.69, 9.17) is 4.74 Å². The maximum atomic E-state index is 6.00. The number of hydrogen-bond acceptors (Lipinski definition) is 3. The molecule has 104 valence electrons. The van der Waals surface area contributed by atoms with Crippen molar-refractivity contribution in [2.24, 2.45) is 0 Å². The summed E-state index contributed by atoms with van der Waals surface area (Å²) in [6.07, 6.45) is 6.11. The highest BCUT2D eigenvalue weighted by molar-refractivity contribution is 5.69. The molecule has 1 N–H and O–H groups in total. The lowest BCUT2D eigenvalue weighted by molar-refractivity contribution is -0.130. The minimum atomic E-state index is 0.211. The van der Waals surface area contributed by atoms with Crippen LogP contribution in [-0.4, -0.2) is 32.3 Å². The largest absolute Gasteiger partial charge is 0.380 e. The second kappa shape index (κ2) is 5.04. The number of anilines is 2. The monoisotopic (exact) mass is 260 g/mol. The van der Waals surface area contributed by atoms with Crippen LogP contribution in [0.25, 0.3) is 0 Å². The molecule has 1 heterocycles. The summed E-state index contributed by atoms with van der Waals surface area (Å²) in [4.78, 5) is 2.17. The van der Waals surface area contributed by atoms with Crippen LogP contribution < -0.4 is 10.2 Å². The zero-order valence-corrected chi connectivity index (χ0v) is 12.0. The van der Waals surface area contributed by atoms with Gasteiger partial charge >= 0.3 is 0 Å². The van der Waals surface area contributed by atoms with Crippen LogP contribution in [0.3, 0.4) is 0 Å². The fraction of sp³-hybridized carbons (Fsp3) is 0.625. The van der Waals surface area contributed by atoms with Gasteiger partial charge in [-0.1, -0.05) is 12.1 Å². The fourth-order valence-electron chi connectivity index (χ4n) is 3.28. The number of para-hydroxylation sites is 2. The highest BCUT2D eigenvalue weighted by Crippen LogP contribution is 2.43. The molecule has 19 heavy (non-hydrogen) atoms. The van der Waals surface area contributed by atoms with E-state index in [0.29, 0.717) is 6.04 Å². The predicted octanol–water partition coefficient (Wildman–Crippen LogP) is 3.27. The van der Waals surface area contributed by atoms with E-state index in [-0.39, 0.29) is 5.60 Å². The Balaban J connectivity index is 1.71. The van der Waals surface area contributed by atoms with Crippen LogP contribution in [0, 0.1) is 0 Å². The normalized spacial score (nSPS) is 24.8. The van der Waals surface area contributed by atoms with E-state index in [0.717, 1.165) is 19.4 Å². The molecule has 3 nitrogen and oxygen atoms in total. The van der Waals surface area contributed by atoms with Crippen LogP contribution >= 0.6 is 0 Å². The summed E-state index contributed by atoms with van der Waals surface area (Å²) in [6, 6.07) is 9.10. The predicted molar refractivity (Wildman–Crippen MR) is 79.9 cm³/mol. The first-order valence-electron chi connectivity index (χ1n) is 7.35. The molecule has 1 aliphatic heterocycles. The molecule has 1 spiro atoms. The third-order valence-electron chi connectivity index (χ3n) is 4.50. The van der Waals surface area contributed by atoms with Crippen LogP contribution in [0.15, 0.2) is 24.3 Å². The molecule has 1 aliphatic carbocycles. The van der Waals surface area contributed by atoms with Gasteiger partial charge in [0.25, 0.3) is 0 Å². The summed E-state index contributed by atoms with van der Waals surface area (Å²) in [5, 5.41) is 3.73. The van der Waals surface area contributed by atoms with Gasteiger partial charge in [-0.25, -0.2) is 0 Å². The van der Waals surface area contributed by atoms with Crippen LogP contribution in [0.1, 0.15) is 32.1 Å². The third kappa shape index (κ3) is 2.57. The number of rotatable bonds is 3. The highest BCUT2D eigenvalue weighted by atomic mass is 16.5. The van der Waals surface area contributed by atoms with Gasteiger partial charge in [-0.3, -0.25) is 0 Å². The van der Waals surface area contributed by atoms with E-state index in [2.05, 4.69) is 48.6 Å². The quantitative estimate of drug-likeness (QED) is 0.902. The number of ether oxygens (including phenoxy) is 1. The summed E-state index contributed by atoms with van der Waals surface area (Å²) in [5.41, 5.74) is 2.72. The molecule has 1 saturated heterocycles. The molecule has 1 unspecified atom stereocenters. The Bertz CT molecular complexity index is 440. The van der Waals surface area contributed by atoms with E-state index in [9.17, 15) is 0 Å². The number of hydrogen-bond donors (Lipinski definition) is 1. The zero-order valence-electron chi connectivity index (χ0n) is 12.0. The van der Waals surface area contributed by atoms with Crippen molar-refractivity contribution in [1.82, 2.24) is 0 Å². The molecule has 0 amide bonds. The van der Waals surface area contributed by atoms with Crippen LogP contribution in [0.2, 0.25) is 0 Å². The molecule has 3 rings (SSSR count). The molecule has 0 aromatic heterocycles. The first-order valence-corrected chi connectivity index (χ1v) is 7.35.